The highest BCUT2D eigenvalue weighted by atomic mass is 19.1. The number of anilines is 1. The van der Waals surface area contributed by atoms with Crippen LogP contribution in [0, 0.1) is 5.82 Å². The van der Waals surface area contributed by atoms with Gasteiger partial charge in [0, 0.05) is 12.2 Å². The molecule has 0 fully saturated rings. The Bertz CT molecular complexity index is 780. The maximum Gasteiger partial charge on any atom is 0.123 e. The standard InChI is InChI=1S/C22H22FNO/c1-2-17-5-11-21(12-6-17)24-15-18-7-13-22(14-8-18)25-16-19-3-9-20(23)10-4-19/h3-14,24H,2,15-16H2,1H3. The Balaban J connectivity index is 1.50. The van der Waals surface area contributed by atoms with Crippen molar-refractivity contribution in [2.45, 2.75) is 26.5 Å². The number of hydrogen-bond donors (Lipinski definition) is 1. The molecule has 0 saturated heterocycles. The SMILES string of the molecule is CCc1ccc(NCc2ccc(OCc3ccc(F)cc3)cc2)cc1. The number of ether oxygens (including phenoxy) is 1. The number of hydrogen-bond acceptors (Lipinski definition) is 2. The molecule has 0 aliphatic rings. The van der Waals surface area contributed by atoms with Crippen molar-refractivity contribution in [3.8, 4) is 5.75 Å². The smallest absolute Gasteiger partial charge is 0.123 e. The first-order chi connectivity index (χ1) is 12.2. The predicted molar refractivity (Wildman–Crippen MR) is 100 cm³/mol. The average molecular weight is 335 g/mol. The van der Waals surface area contributed by atoms with Gasteiger partial charge in [-0.3, -0.25) is 0 Å². The van der Waals surface area contributed by atoms with Gasteiger partial charge in [0.05, 0.1) is 0 Å². The maximum absolute atomic E-state index is 12.9. The summed E-state index contributed by atoms with van der Waals surface area (Å²) < 4.78 is 18.6. The Morgan fingerprint density at radius 1 is 0.760 bits per heavy atom. The van der Waals surface area contributed by atoms with Crippen LogP contribution in [0.2, 0.25) is 0 Å². The molecule has 3 heteroatoms. The van der Waals surface area contributed by atoms with E-state index in [1.807, 2.05) is 24.3 Å². The molecule has 2 nitrogen and oxygen atoms in total. The zero-order valence-corrected chi connectivity index (χ0v) is 14.3. The summed E-state index contributed by atoms with van der Waals surface area (Å²) >= 11 is 0. The molecule has 0 atom stereocenters. The highest BCUT2D eigenvalue weighted by molar-refractivity contribution is 5.45. The lowest BCUT2D eigenvalue weighted by molar-refractivity contribution is 0.306. The fourth-order valence-corrected chi connectivity index (χ4v) is 2.51. The molecule has 25 heavy (non-hydrogen) atoms. The number of benzene rings is 3. The van der Waals surface area contributed by atoms with E-state index in [-0.39, 0.29) is 5.82 Å². The summed E-state index contributed by atoms with van der Waals surface area (Å²) in [6.07, 6.45) is 1.06. The Labute approximate surface area is 148 Å². The Morgan fingerprint density at radius 2 is 1.36 bits per heavy atom. The first-order valence-electron chi connectivity index (χ1n) is 8.52. The largest absolute Gasteiger partial charge is 0.489 e. The molecule has 0 aliphatic heterocycles. The summed E-state index contributed by atoms with van der Waals surface area (Å²) in [4.78, 5) is 0. The van der Waals surface area contributed by atoms with Crippen LogP contribution in [0.1, 0.15) is 23.6 Å². The third-order valence-electron chi connectivity index (χ3n) is 4.10. The van der Waals surface area contributed by atoms with Gasteiger partial charge in [0.15, 0.2) is 0 Å². The molecular formula is C22H22FNO. The molecule has 0 aliphatic carbocycles. The molecule has 0 bridgehead atoms. The first-order valence-corrected chi connectivity index (χ1v) is 8.52. The number of nitrogens with one attached hydrogen (secondary N) is 1. The summed E-state index contributed by atoms with van der Waals surface area (Å²) in [5, 5.41) is 3.42. The zero-order chi connectivity index (χ0) is 17.5. The molecular weight excluding hydrogens is 313 g/mol. The van der Waals surface area contributed by atoms with E-state index in [1.165, 1.54) is 23.3 Å². The lowest BCUT2D eigenvalue weighted by atomic mass is 10.1. The van der Waals surface area contributed by atoms with Crippen molar-refractivity contribution in [2.24, 2.45) is 0 Å². The molecule has 0 radical (unpaired) electrons. The summed E-state index contributed by atoms with van der Waals surface area (Å²) in [6.45, 7) is 3.35. The Morgan fingerprint density at radius 3 is 2.00 bits per heavy atom. The molecule has 0 spiro atoms. The minimum Gasteiger partial charge on any atom is -0.489 e. The van der Waals surface area contributed by atoms with Gasteiger partial charge in [-0.2, -0.15) is 0 Å². The van der Waals surface area contributed by atoms with Crippen LogP contribution >= 0.6 is 0 Å². The third-order valence-corrected chi connectivity index (χ3v) is 4.10. The van der Waals surface area contributed by atoms with E-state index in [1.54, 1.807) is 12.1 Å². The summed E-state index contributed by atoms with van der Waals surface area (Å²) in [5.41, 5.74) is 4.60. The topological polar surface area (TPSA) is 21.3 Å². The number of rotatable bonds is 7. The minimum absolute atomic E-state index is 0.232. The molecule has 128 valence electrons. The van der Waals surface area contributed by atoms with Gasteiger partial charge >= 0.3 is 0 Å². The van der Waals surface area contributed by atoms with Crippen molar-refractivity contribution in [3.63, 3.8) is 0 Å². The van der Waals surface area contributed by atoms with Gasteiger partial charge in [0.1, 0.15) is 18.2 Å². The van der Waals surface area contributed by atoms with Crippen LogP contribution in [0.25, 0.3) is 0 Å². The molecule has 0 heterocycles. The van der Waals surface area contributed by atoms with Crippen molar-refractivity contribution >= 4 is 5.69 Å². The second kappa shape index (κ2) is 8.34. The monoisotopic (exact) mass is 335 g/mol. The van der Waals surface area contributed by atoms with E-state index in [0.717, 1.165) is 30.0 Å². The van der Waals surface area contributed by atoms with Crippen LogP contribution in [0.15, 0.2) is 72.8 Å². The molecule has 3 aromatic rings. The van der Waals surface area contributed by atoms with Crippen LogP contribution in [-0.4, -0.2) is 0 Å². The van der Waals surface area contributed by atoms with Gasteiger partial charge in [0.25, 0.3) is 0 Å². The van der Waals surface area contributed by atoms with Crippen LogP contribution in [-0.2, 0) is 19.6 Å². The molecule has 1 N–H and O–H groups in total. The van der Waals surface area contributed by atoms with Crippen LogP contribution in [0.3, 0.4) is 0 Å². The van der Waals surface area contributed by atoms with E-state index in [0.29, 0.717) is 6.61 Å². The van der Waals surface area contributed by atoms with Crippen molar-refractivity contribution in [3.05, 3.63) is 95.3 Å². The van der Waals surface area contributed by atoms with Gasteiger partial charge < -0.3 is 10.1 Å². The molecule has 0 unspecified atom stereocenters. The average Bonchev–Trinajstić information content (AvgIpc) is 2.67. The highest BCUT2D eigenvalue weighted by Gasteiger charge is 1.99. The van der Waals surface area contributed by atoms with Crippen LogP contribution in [0.4, 0.5) is 10.1 Å². The summed E-state index contributed by atoms with van der Waals surface area (Å²) in [7, 11) is 0. The number of aryl methyl sites for hydroxylation is 1. The Kier molecular flexibility index (Phi) is 5.68. The van der Waals surface area contributed by atoms with Crippen LogP contribution in [0.5, 0.6) is 5.75 Å². The quantitative estimate of drug-likeness (QED) is 0.608. The van der Waals surface area contributed by atoms with Gasteiger partial charge in [-0.25, -0.2) is 4.39 Å². The molecule has 3 aromatic carbocycles. The minimum atomic E-state index is -0.232. The second-order valence-electron chi connectivity index (χ2n) is 5.96. The molecule has 0 amide bonds. The predicted octanol–water partition coefficient (Wildman–Crippen LogP) is 5.58. The summed E-state index contributed by atoms with van der Waals surface area (Å²) in [5.74, 6) is 0.574. The fraction of sp³-hybridized carbons (Fsp3) is 0.182. The first kappa shape index (κ1) is 17.0. The van der Waals surface area contributed by atoms with Crippen molar-refractivity contribution in [1.29, 1.82) is 0 Å². The lowest BCUT2D eigenvalue weighted by Crippen LogP contribution is -2.00. The van der Waals surface area contributed by atoms with Gasteiger partial charge in [0.2, 0.25) is 0 Å². The second-order valence-corrected chi connectivity index (χ2v) is 5.96. The van der Waals surface area contributed by atoms with Gasteiger partial charge in [-0.15, -0.1) is 0 Å². The highest BCUT2D eigenvalue weighted by Crippen LogP contribution is 2.16. The zero-order valence-electron chi connectivity index (χ0n) is 14.3. The lowest BCUT2D eigenvalue weighted by Gasteiger charge is -2.09. The van der Waals surface area contributed by atoms with Crippen LogP contribution < -0.4 is 10.1 Å². The fourth-order valence-electron chi connectivity index (χ4n) is 2.51. The van der Waals surface area contributed by atoms with Crippen molar-refractivity contribution in [2.75, 3.05) is 5.32 Å². The summed E-state index contributed by atoms with van der Waals surface area (Å²) in [6, 6.07) is 22.9. The normalized spacial score (nSPS) is 10.5. The van der Waals surface area contributed by atoms with E-state index < -0.39 is 0 Å². The van der Waals surface area contributed by atoms with Crippen molar-refractivity contribution < 1.29 is 9.13 Å². The third kappa shape index (κ3) is 5.08. The van der Waals surface area contributed by atoms with E-state index in [4.69, 9.17) is 4.74 Å². The Hall–Kier alpha value is -2.81. The van der Waals surface area contributed by atoms with Gasteiger partial charge in [-0.1, -0.05) is 43.3 Å². The van der Waals surface area contributed by atoms with Crippen molar-refractivity contribution in [1.82, 2.24) is 0 Å². The van der Waals surface area contributed by atoms with E-state index in [2.05, 4.69) is 36.5 Å². The molecule has 0 saturated carbocycles. The molecule has 0 aromatic heterocycles. The number of halogens is 1. The van der Waals surface area contributed by atoms with E-state index in [9.17, 15) is 4.39 Å². The van der Waals surface area contributed by atoms with Gasteiger partial charge in [-0.05, 0) is 59.5 Å². The van der Waals surface area contributed by atoms with E-state index >= 15 is 0 Å². The maximum atomic E-state index is 12.9. The molecule has 3 rings (SSSR count).